The highest BCUT2D eigenvalue weighted by molar-refractivity contribution is 5.83. The zero-order valence-electron chi connectivity index (χ0n) is 7.29. The number of nitrogens with zero attached hydrogens (tertiary/aromatic N) is 2. The van der Waals surface area contributed by atoms with E-state index < -0.39 is 5.54 Å². The largest absolute Gasteiger partial charge is 0.368 e. The third-order valence-corrected chi connectivity index (χ3v) is 2.22. The van der Waals surface area contributed by atoms with Gasteiger partial charge < -0.3 is 5.73 Å². The van der Waals surface area contributed by atoms with Gasteiger partial charge in [0.05, 0.1) is 18.9 Å². The number of nitrogens with two attached hydrogens (primary N) is 1. The van der Waals surface area contributed by atoms with Crippen LogP contribution in [0.3, 0.4) is 0 Å². The minimum absolute atomic E-state index is 0.259. The van der Waals surface area contributed by atoms with E-state index in [4.69, 9.17) is 5.73 Å². The summed E-state index contributed by atoms with van der Waals surface area (Å²) in [4.78, 5) is 15.1. The fourth-order valence-corrected chi connectivity index (χ4v) is 1.05. The van der Waals surface area contributed by atoms with Gasteiger partial charge in [0.15, 0.2) is 0 Å². The van der Waals surface area contributed by atoms with E-state index in [1.165, 1.54) is 0 Å². The number of primary amides is 1. The Morgan fingerprint density at radius 1 is 1.45 bits per heavy atom. The molecule has 4 heteroatoms. The van der Waals surface area contributed by atoms with E-state index in [-0.39, 0.29) is 5.91 Å². The first-order valence-electron chi connectivity index (χ1n) is 3.68. The maximum absolute atomic E-state index is 10.9. The fourth-order valence-electron chi connectivity index (χ4n) is 1.05. The van der Waals surface area contributed by atoms with Crippen LogP contribution >= 0.6 is 0 Å². The molecular weight excluding hydrogens is 142 g/mol. The van der Waals surface area contributed by atoms with Crippen LogP contribution in [-0.2, 0) is 4.79 Å². The number of carbonyl (C=O) groups excluding carboxylic acids is 1. The molecule has 0 radical (unpaired) electrons. The van der Waals surface area contributed by atoms with Crippen LogP contribution in [0.1, 0.15) is 13.8 Å². The van der Waals surface area contributed by atoms with Crippen LogP contribution < -0.4 is 5.73 Å². The molecule has 1 heterocycles. The summed E-state index contributed by atoms with van der Waals surface area (Å²) in [6.45, 7) is 5.36. The lowest BCUT2D eigenvalue weighted by atomic mass is 10.0. The Morgan fingerprint density at radius 2 is 1.91 bits per heavy atom. The smallest absolute Gasteiger partial charge is 0.237 e. The normalized spacial score (nSPS) is 21.4. The second-order valence-corrected chi connectivity index (χ2v) is 3.60. The molecule has 1 fully saturated rings. The average molecular weight is 157 g/mol. The maximum Gasteiger partial charge on any atom is 0.237 e. The molecule has 1 amide bonds. The van der Waals surface area contributed by atoms with Gasteiger partial charge in [0, 0.05) is 0 Å². The Balaban J connectivity index is 2.53. The second kappa shape index (κ2) is 2.46. The van der Waals surface area contributed by atoms with Crippen LogP contribution in [0.4, 0.5) is 0 Å². The topological polar surface area (TPSA) is 49.6 Å². The molecule has 0 saturated carbocycles. The lowest BCUT2D eigenvalue weighted by Crippen LogP contribution is -2.65. The SMILES string of the molecule is CN1CN(C(C)(C)C(N)=O)C1. The standard InChI is InChI=1S/C7H15N3O/c1-7(2,6(8)11)10-4-9(3)5-10/h4-5H2,1-3H3,(H2,8,11). The van der Waals surface area contributed by atoms with Gasteiger partial charge in [-0.3, -0.25) is 14.6 Å². The Morgan fingerprint density at radius 3 is 2.18 bits per heavy atom. The fraction of sp³-hybridized carbons (Fsp3) is 0.857. The highest BCUT2D eigenvalue weighted by atomic mass is 16.1. The molecule has 0 bridgehead atoms. The lowest BCUT2D eigenvalue weighted by molar-refractivity contribution is -0.141. The molecule has 1 saturated heterocycles. The summed E-state index contributed by atoms with van der Waals surface area (Å²) in [5.41, 5.74) is 4.73. The summed E-state index contributed by atoms with van der Waals surface area (Å²) in [7, 11) is 2.01. The van der Waals surface area contributed by atoms with Crippen molar-refractivity contribution >= 4 is 5.91 Å². The van der Waals surface area contributed by atoms with Gasteiger partial charge in [-0.15, -0.1) is 0 Å². The summed E-state index contributed by atoms with van der Waals surface area (Å²) in [5.74, 6) is -0.259. The molecule has 64 valence electrons. The molecule has 0 spiro atoms. The third kappa shape index (κ3) is 1.36. The van der Waals surface area contributed by atoms with Crippen LogP contribution in [0.25, 0.3) is 0 Å². The van der Waals surface area contributed by atoms with E-state index in [1.54, 1.807) is 0 Å². The van der Waals surface area contributed by atoms with Crippen LogP contribution in [0.15, 0.2) is 0 Å². The quantitative estimate of drug-likeness (QED) is 0.583. The van der Waals surface area contributed by atoms with Crippen molar-refractivity contribution in [2.45, 2.75) is 19.4 Å². The maximum atomic E-state index is 10.9. The first-order chi connectivity index (χ1) is 4.94. The molecule has 1 aliphatic rings. The van der Waals surface area contributed by atoms with Gasteiger partial charge in [0.2, 0.25) is 5.91 Å². The molecule has 4 nitrogen and oxygen atoms in total. The summed E-state index contributed by atoms with van der Waals surface area (Å²) >= 11 is 0. The average Bonchev–Trinajstić information content (AvgIpc) is 1.80. The van der Waals surface area contributed by atoms with Crippen molar-refractivity contribution in [1.82, 2.24) is 9.80 Å². The number of amides is 1. The van der Waals surface area contributed by atoms with Gasteiger partial charge in [0.1, 0.15) is 0 Å². The zero-order chi connectivity index (χ0) is 8.65. The minimum atomic E-state index is -0.494. The first-order valence-corrected chi connectivity index (χ1v) is 3.68. The van der Waals surface area contributed by atoms with E-state index in [1.807, 2.05) is 25.8 Å². The van der Waals surface area contributed by atoms with Gasteiger partial charge in [-0.2, -0.15) is 0 Å². The first kappa shape index (κ1) is 8.49. The van der Waals surface area contributed by atoms with E-state index in [0.717, 1.165) is 13.3 Å². The molecule has 11 heavy (non-hydrogen) atoms. The number of rotatable bonds is 2. The highest BCUT2D eigenvalue weighted by Crippen LogP contribution is 2.19. The number of hydrogen-bond donors (Lipinski definition) is 1. The van der Waals surface area contributed by atoms with E-state index in [0.29, 0.717) is 0 Å². The van der Waals surface area contributed by atoms with Crippen molar-refractivity contribution in [2.75, 3.05) is 20.4 Å². The highest BCUT2D eigenvalue weighted by Gasteiger charge is 2.38. The van der Waals surface area contributed by atoms with E-state index in [2.05, 4.69) is 4.90 Å². The Hall–Kier alpha value is -0.610. The van der Waals surface area contributed by atoms with Crippen molar-refractivity contribution in [3.63, 3.8) is 0 Å². The van der Waals surface area contributed by atoms with Crippen LogP contribution in [0.2, 0.25) is 0 Å². The molecular formula is C7H15N3O. The number of carbonyl (C=O) groups is 1. The van der Waals surface area contributed by atoms with Gasteiger partial charge in [-0.05, 0) is 20.9 Å². The molecule has 0 aromatic heterocycles. The number of hydrogen-bond acceptors (Lipinski definition) is 3. The van der Waals surface area contributed by atoms with Crippen molar-refractivity contribution in [2.24, 2.45) is 5.73 Å². The predicted molar refractivity (Wildman–Crippen MR) is 42.6 cm³/mol. The Kier molecular flexibility index (Phi) is 1.90. The van der Waals surface area contributed by atoms with Crippen LogP contribution in [-0.4, -0.2) is 41.6 Å². The van der Waals surface area contributed by atoms with Gasteiger partial charge in [0.25, 0.3) is 0 Å². The molecule has 2 N–H and O–H groups in total. The van der Waals surface area contributed by atoms with E-state index in [9.17, 15) is 4.79 Å². The summed E-state index contributed by atoms with van der Waals surface area (Å²) in [6.07, 6.45) is 0. The monoisotopic (exact) mass is 157 g/mol. The van der Waals surface area contributed by atoms with Crippen molar-refractivity contribution in [1.29, 1.82) is 0 Å². The minimum Gasteiger partial charge on any atom is -0.368 e. The third-order valence-electron chi connectivity index (χ3n) is 2.22. The Bertz CT molecular complexity index is 173. The summed E-state index contributed by atoms with van der Waals surface area (Å²) < 4.78 is 0. The zero-order valence-corrected chi connectivity index (χ0v) is 7.29. The van der Waals surface area contributed by atoms with Crippen LogP contribution in [0, 0.1) is 0 Å². The summed E-state index contributed by atoms with van der Waals surface area (Å²) in [6, 6.07) is 0. The van der Waals surface area contributed by atoms with Gasteiger partial charge >= 0.3 is 0 Å². The second-order valence-electron chi connectivity index (χ2n) is 3.60. The van der Waals surface area contributed by atoms with E-state index >= 15 is 0 Å². The van der Waals surface area contributed by atoms with Gasteiger partial charge in [-0.1, -0.05) is 0 Å². The molecule has 1 aliphatic heterocycles. The predicted octanol–water partition coefficient (Wildman–Crippen LogP) is -0.587. The lowest BCUT2D eigenvalue weighted by Gasteiger charge is -2.47. The molecule has 0 aliphatic carbocycles. The van der Waals surface area contributed by atoms with Crippen molar-refractivity contribution in [3.8, 4) is 0 Å². The van der Waals surface area contributed by atoms with Crippen molar-refractivity contribution < 1.29 is 4.79 Å². The molecule has 0 unspecified atom stereocenters. The summed E-state index contributed by atoms with van der Waals surface area (Å²) in [5, 5.41) is 0. The van der Waals surface area contributed by atoms with Gasteiger partial charge in [-0.25, -0.2) is 0 Å². The van der Waals surface area contributed by atoms with Crippen molar-refractivity contribution in [3.05, 3.63) is 0 Å². The molecule has 0 aromatic carbocycles. The molecule has 0 atom stereocenters. The van der Waals surface area contributed by atoms with Crippen LogP contribution in [0.5, 0.6) is 0 Å². The molecule has 0 aromatic rings. The molecule has 1 rings (SSSR count). The Labute approximate surface area is 66.9 Å².